The Kier molecular flexibility index (Phi) is 3.87. The zero-order chi connectivity index (χ0) is 13.1. The van der Waals surface area contributed by atoms with Crippen molar-refractivity contribution in [2.24, 2.45) is 0 Å². The number of alkyl halides is 1. The van der Waals surface area contributed by atoms with Crippen molar-refractivity contribution >= 4 is 29.1 Å². The number of carbonyl (C=O) groups excluding carboxylic acids is 2. The zero-order valence-corrected chi connectivity index (χ0v) is 11.0. The summed E-state index contributed by atoms with van der Waals surface area (Å²) in [4.78, 5) is 26.6. The highest BCUT2D eigenvalue weighted by molar-refractivity contribution is 6.27. The van der Waals surface area contributed by atoms with Crippen molar-refractivity contribution in [3.05, 3.63) is 29.8 Å². The highest BCUT2D eigenvalue weighted by atomic mass is 35.5. The van der Waals surface area contributed by atoms with Crippen molar-refractivity contribution in [2.45, 2.75) is 6.92 Å². The predicted molar refractivity (Wildman–Crippen MR) is 70.8 cm³/mol. The Labute approximate surface area is 111 Å². The van der Waals surface area contributed by atoms with Gasteiger partial charge >= 0.3 is 0 Å². The van der Waals surface area contributed by atoms with Crippen molar-refractivity contribution in [1.82, 2.24) is 4.90 Å². The van der Waals surface area contributed by atoms with Crippen LogP contribution in [0, 0.1) is 6.92 Å². The SMILES string of the molecule is Cc1ccc(N2CCN(C(=O)CCl)CC2=O)cc1. The Morgan fingerprint density at radius 3 is 2.50 bits per heavy atom. The molecular formula is C13H15ClN2O2. The molecule has 1 aliphatic heterocycles. The molecule has 0 aromatic heterocycles. The lowest BCUT2D eigenvalue weighted by Crippen LogP contribution is -2.52. The van der Waals surface area contributed by atoms with Gasteiger partial charge in [0.15, 0.2) is 0 Å². The van der Waals surface area contributed by atoms with E-state index in [4.69, 9.17) is 11.6 Å². The van der Waals surface area contributed by atoms with E-state index in [1.54, 1.807) is 4.90 Å². The molecule has 1 aliphatic rings. The van der Waals surface area contributed by atoms with Gasteiger partial charge in [-0.3, -0.25) is 9.59 Å². The second kappa shape index (κ2) is 5.40. The van der Waals surface area contributed by atoms with Gasteiger partial charge in [-0.2, -0.15) is 0 Å². The van der Waals surface area contributed by atoms with Crippen LogP contribution in [0.3, 0.4) is 0 Å². The fourth-order valence-electron chi connectivity index (χ4n) is 1.97. The van der Waals surface area contributed by atoms with Crippen molar-refractivity contribution in [1.29, 1.82) is 0 Å². The molecule has 96 valence electrons. The van der Waals surface area contributed by atoms with Crippen LogP contribution in [0.2, 0.25) is 0 Å². The molecular weight excluding hydrogens is 252 g/mol. The van der Waals surface area contributed by atoms with Crippen LogP contribution in [0.1, 0.15) is 5.56 Å². The number of piperazine rings is 1. The summed E-state index contributed by atoms with van der Waals surface area (Å²) in [5, 5.41) is 0. The number of halogens is 1. The topological polar surface area (TPSA) is 40.6 Å². The van der Waals surface area contributed by atoms with E-state index in [1.807, 2.05) is 31.2 Å². The summed E-state index contributed by atoms with van der Waals surface area (Å²) in [6, 6.07) is 7.79. The van der Waals surface area contributed by atoms with Crippen molar-refractivity contribution in [3.8, 4) is 0 Å². The van der Waals surface area contributed by atoms with Gasteiger partial charge in [-0.05, 0) is 19.1 Å². The van der Waals surface area contributed by atoms with Gasteiger partial charge in [-0.1, -0.05) is 17.7 Å². The predicted octanol–water partition coefficient (Wildman–Crippen LogP) is 1.41. The molecule has 1 saturated heterocycles. The average Bonchev–Trinajstić information content (AvgIpc) is 2.39. The van der Waals surface area contributed by atoms with Gasteiger partial charge in [0, 0.05) is 18.8 Å². The Morgan fingerprint density at radius 1 is 1.28 bits per heavy atom. The van der Waals surface area contributed by atoms with Crippen molar-refractivity contribution in [2.75, 3.05) is 30.4 Å². The van der Waals surface area contributed by atoms with Crippen LogP contribution in [0.5, 0.6) is 0 Å². The number of hydrogen-bond acceptors (Lipinski definition) is 2. The molecule has 2 rings (SSSR count). The van der Waals surface area contributed by atoms with E-state index in [1.165, 1.54) is 4.90 Å². The number of anilines is 1. The molecule has 0 spiro atoms. The fraction of sp³-hybridized carbons (Fsp3) is 0.385. The van der Waals surface area contributed by atoms with E-state index in [2.05, 4.69) is 0 Å². The molecule has 5 heteroatoms. The van der Waals surface area contributed by atoms with E-state index in [0.29, 0.717) is 13.1 Å². The minimum atomic E-state index is -0.187. The number of rotatable bonds is 2. The first-order valence-corrected chi connectivity index (χ1v) is 6.36. The summed E-state index contributed by atoms with van der Waals surface area (Å²) in [6.07, 6.45) is 0. The maximum absolute atomic E-state index is 12.0. The molecule has 0 N–H and O–H groups in total. The van der Waals surface area contributed by atoms with Gasteiger partial charge in [0.1, 0.15) is 12.4 Å². The number of carbonyl (C=O) groups is 2. The summed E-state index contributed by atoms with van der Waals surface area (Å²) in [7, 11) is 0. The van der Waals surface area contributed by atoms with Gasteiger partial charge < -0.3 is 9.80 Å². The van der Waals surface area contributed by atoms with Gasteiger partial charge in [-0.15, -0.1) is 11.6 Å². The molecule has 18 heavy (non-hydrogen) atoms. The number of amides is 2. The average molecular weight is 267 g/mol. The van der Waals surface area contributed by atoms with Gasteiger partial charge in [0.05, 0.1) is 0 Å². The molecule has 0 aliphatic carbocycles. The van der Waals surface area contributed by atoms with Gasteiger partial charge in [-0.25, -0.2) is 0 Å². The number of benzene rings is 1. The Morgan fingerprint density at radius 2 is 1.94 bits per heavy atom. The Bertz CT molecular complexity index is 459. The Balaban J connectivity index is 2.08. The minimum Gasteiger partial charge on any atom is -0.331 e. The monoisotopic (exact) mass is 266 g/mol. The van der Waals surface area contributed by atoms with Crippen LogP contribution < -0.4 is 4.90 Å². The number of aryl methyl sites for hydroxylation is 1. The molecule has 0 atom stereocenters. The van der Waals surface area contributed by atoms with Crippen LogP contribution in [0.15, 0.2) is 24.3 Å². The summed E-state index contributed by atoms with van der Waals surface area (Å²) >= 11 is 5.49. The minimum absolute atomic E-state index is 0.0661. The number of nitrogens with zero attached hydrogens (tertiary/aromatic N) is 2. The molecule has 4 nitrogen and oxygen atoms in total. The van der Waals surface area contributed by atoms with Crippen LogP contribution in [0.25, 0.3) is 0 Å². The molecule has 1 aromatic carbocycles. The normalized spacial score (nSPS) is 16.0. The first kappa shape index (κ1) is 12.9. The van der Waals surface area contributed by atoms with E-state index in [9.17, 15) is 9.59 Å². The third-order valence-electron chi connectivity index (χ3n) is 3.03. The van der Waals surface area contributed by atoms with E-state index in [0.717, 1.165) is 11.3 Å². The first-order valence-electron chi connectivity index (χ1n) is 5.82. The molecule has 0 radical (unpaired) electrons. The Hall–Kier alpha value is -1.55. The quantitative estimate of drug-likeness (QED) is 0.760. The third-order valence-corrected chi connectivity index (χ3v) is 3.26. The van der Waals surface area contributed by atoms with Crippen LogP contribution in [-0.4, -0.2) is 42.2 Å². The van der Waals surface area contributed by atoms with Gasteiger partial charge in [0.25, 0.3) is 0 Å². The van der Waals surface area contributed by atoms with Crippen molar-refractivity contribution in [3.63, 3.8) is 0 Å². The van der Waals surface area contributed by atoms with Crippen molar-refractivity contribution < 1.29 is 9.59 Å². The smallest absolute Gasteiger partial charge is 0.246 e. The first-order chi connectivity index (χ1) is 8.61. The maximum Gasteiger partial charge on any atom is 0.246 e. The third kappa shape index (κ3) is 2.64. The molecule has 0 saturated carbocycles. The van der Waals surface area contributed by atoms with E-state index in [-0.39, 0.29) is 24.2 Å². The highest BCUT2D eigenvalue weighted by Crippen LogP contribution is 2.18. The molecule has 0 bridgehead atoms. The second-order valence-electron chi connectivity index (χ2n) is 4.33. The van der Waals surface area contributed by atoms with Crippen LogP contribution in [0.4, 0.5) is 5.69 Å². The maximum atomic E-state index is 12.0. The molecule has 2 amide bonds. The van der Waals surface area contributed by atoms with E-state index >= 15 is 0 Å². The molecule has 1 fully saturated rings. The zero-order valence-electron chi connectivity index (χ0n) is 10.2. The molecule has 1 aromatic rings. The second-order valence-corrected chi connectivity index (χ2v) is 4.60. The summed E-state index contributed by atoms with van der Waals surface area (Å²) < 4.78 is 0. The summed E-state index contributed by atoms with van der Waals surface area (Å²) in [5.41, 5.74) is 2.03. The summed E-state index contributed by atoms with van der Waals surface area (Å²) in [5.74, 6) is -0.324. The van der Waals surface area contributed by atoms with Crippen LogP contribution >= 0.6 is 11.6 Å². The lowest BCUT2D eigenvalue weighted by molar-refractivity contribution is -0.134. The highest BCUT2D eigenvalue weighted by Gasteiger charge is 2.27. The lowest BCUT2D eigenvalue weighted by Gasteiger charge is -2.34. The van der Waals surface area contributed by atoms with Crippen LogP contribution in [-0.2, 0) is 9.59 Å². The van der Waals surface area contributed by atoms with E-state index < -0.39 is 0 Å². The van der Waals surface area contributed by atoms with Gasteiger partial charge in [0.2, 0.25) is 11.8 Å². The lowest BCUT2D eigenvalue weighted by atomic mass is 10.2. The number of hydrogen-bond donors (Lipinski definition) is 0. The largest absolute Gasteiger partial charge is 0.331 e. The summed E-state index contributed by atoms with van der Waals surface area (Å²) in [6.45, 7) is 3.16. The fourth-order valence-corrected chi connectivity index (χ4v) is 2.14. The molecule has 0 unspecified atom stereocenters. The molecule has 1 heterocycles. The standard InChI is InChI=1S/C13H15ClN2O2/c1-10-2-4-11(5-3-10)16-7-6-15(9-13(16)18)12(17)8-14/h2-5H,6-9H2,1H3.